The van der Waals surface area contributed by atoms with Gasteiger partial charge < -0.3 is 45.5 Å². The number of carboxylic acids is 5. The first-order valence-corrected chi connectivity index (χ1v) is 16.1. The first-order valence-electron chi connectivity index (χ1n) is 16.1. The van der Waals surface area contributed by atoms with E-state index in [9.17, 15) is 49.5 Å². The highest BCUT2D eigenvalue weighted by Crippen LogP contribution is 2.38. The first kappa shape index (κ1) is 32.5. The van der Waals surface area contributed by atoms with E-state index in [0.29, 0.717) is 38.3 Å². The second kappa shape index (κ2) is 11.5. The number of benzene rings is 4. The Balaban J connectivity index is 1.60. The van der Waals surface area contributed by atoms with Gasteiger partial charge in [-0.25, -0.2) is 43.9 Å². The van der Waals surface area contributed by atoms with E-state index >= 15 is 0 Å². The van der Waals surface area contributed by atoms with Crippen LogP contribution in [0.2, 0.25) is 0 Å². The van der Waals surface area contributed by atoms with Crippen LogP contribution < -0.4 is 22.0 Å². The SMILES string of the molecule is O=C(O)c1c(C(=O)O)c(C(=O)O)c2c3[nH]c(c2c1C(=O)O)=Nc1[nH]c(c2ccccc12)N=c1[nH]c(c2ccccc12)=Nc1[nH]c(c2c(C(=O)O)cccc12)N=3. The number of H-pyrrole nitrogens is 4. The van der Waals surface area contributed by atoms with Crippen molar-refractivity contribution in [1.29, 1.82) is 0 Å². The summed E-state index contributed by atoms with van der Waals surface area (Å²) in [5, 5.41) is 53.1. The summed E-state index contributed by atoms with van der Waals surface area (Å²) in [6, 6.07) is 18.5. The molecule has 0 unspecified atom stereocenters. The lowest BCUT2D eigenvalue weighted by Crippen LogP contribution is -2.22. The van der Waals surface area contributed by atoms with Crippen LogP contribution in [0.1, 0.15) is 51.8 Å². The van der Waals surface area contributed by atoms with E-state index in [2.05, 4.69) is 29.9 Å². The van der Waals surface area contributed by atoms with Crippen LogP contribution in [0.4, 0.5) is 23.3 Å². The summed E-state index contributed by atoms with van der Waals surface area (Å²) in [4.78, 5) is 94.9. The monoisotopic (exact) mass is 736 g/mol. The molecule has 18 nitrogen and oxygen atoms in total. The number of aromatic nitrogens is 4. The van der Waals surface area contributed by atoms with Crippen LogP contribution in [0.25, 0.3) is 43.1 Å². The summed E-state index contributed by atoms with van der Waals surface area (Å²) in [6.45, 7) is 0. The van der Waals surface area contributed by atoms with Gasteiger partial charge in [0.1, 0.15) is 45.2 Å². The van der Waals surface area contributed by atoms with Crippen LogP contribution in [0.3, 0.4) is 0 Å². The second-order valence-electron chi connectivity index (χ2n) is 12.3. The van der Waals surface area contributed by atoms with Crippen LogP contribution in [0, 0.1) is 0 Å². The number of aromatic carboxylic acids is 5. The van der Waals surface area contributed by atoms with Gasteiger partial charge in [0.25, 0.3) is 0 Å². The Labute approximate surface area is 301 Å². The number of fused-ring (bicyclic) bond motifs is 20. The molecule has 1 aliphatic rings. The molecule has 0 spiro atoms. The van der Waals surface area contributed by atoms with Crippen molar-refractivity contribution in [2.45, 2.75) is 0 Å². The van der Waals surface area contributed by atoms with Gasteiger partial charge in [-0.15, -0.1) is 0 Å². The van der Waals surface area contributed by atoms with Gasteiger partial charge in [-0.05, 0) is 6.07 Å². The fourth-order valence-electron chi connectivity index (χ4n) is 7.17. The predicted octanol–water partition coefficient (Wildman–Crippen LogP) is 4.22. The van der Waals surface area contributed by atoms with Gasteiger partial charge in [0.2, 0.25) is 0 Å². The number of carboxylic acid groups (broad SMARTS) is 5. The smallest absolute Gasteiger partial charge is 0.337 e. The molecule has 268 valence electrons. The Hall–Kier alpha value is -8.41. The number of carbonyl (C=O) groups is 5. The zero-order valence-corrected chi connectivity index (χ0v) is 27.4. The molecule has 0 saturated carbocycles. The molecule has 0 atom stereocenters. The van der Waals surface area contributed by atoms with Crippen LogP contribution in [-0.4, -0.2) is 75.3 Å². The largest absolute Gasteiger partial charge is 0.478 e. The van der Waals surface area contributed by atoms with E-state index in [1.54, 1.807) is 36.4 Å². The number of hydrogen-bond donors (Lipinski definition) is 9. The highest BCUT2D eigenvalue weighted by Gasteiger charge is 2.36. The summed E-state index contributed by atoms with van der Waals surface area (Å²) in [5.74, 6) is -8.97. The minimum Gasteiger partial charge on any atom is -0.478 e. The van der Waals surface area contributed by atoms with Crippen molar-refractivity contribution in [2.24, 2.45) is 20.0 Å². The maximum atomic E-state index is 13.0. The first-order chi connectivity index (χ1) is 26.4. The molecule has 0 saturated heterocycles. The molecule has 0 fully saturated rings. The van der Waals surface area contributed by atoms with E-state index < -0.39 is 73.8 Å². The molecule has 0 aliphatic carbocycles. The Kier molecular flexibility index (Phi) is 6.82. The predicted molar refractivity (Wildman–Crippen MR) is 191 cm³/mol. The number of nitrogens with zero attached hydrogens (tertiary/aromatic N) is 4. The molecule has 18 heteroatoms. The van der Waals surface area contributed by atoms with Gasteiger partial charge in [0.15, 0.2) is 0 Å². The maximum Gasteiger partial charge on any atom is 0.337 e. The van der Waals surface area contributed by atoms with Crippen molar-refractivity contribution >= 4 is 96.2 Å². The third-order valence-corrected chi connectivity index (χ3v) is 9.33. The lowest BCUT2D eigenvalue weighted by molar-refractivity contribution is 0.0621. The molecule has 9 rings (SSSR count). The number of hydrogen-bond acceptors (Lipinski definition) is 9. The Morgan fingerprint density at radius 2 is 0.745 bits per heavy atom. The summed E-state index contributed by atoms with van der Waals surface area (Å²) in [5.41, 5.74) is -5.24. The van der Waals surface area contributed by atoms with E-state index in [1.165, 1.54) is 12.1 Å². The van der Waals surface area contributed by atoms with Crippen LogP contribution >= 0.6 is 0 Å². The summed E-state index contributed by atoms with van der Waals surface area (Å²) < 4.78 is 0. The minimum atomic E-state index is -2.04. The highest BCUT2D eigenvalue weighted by atomic mass is 16.4. The van der Waals surface area contributed by atoms with E-state index in [1.807, 2.05) is 18.2 Å². The molecule has 8 aromatic rings. The lowest BCUT2D eigenvalue weighted by atomic mass is 9.90. The van der Waals surface area contributed by atoms with Crippen molar-refractivity contribution in [3.05, 3.63) is 116 Å². The molecule has 0 radical (unpaired) electrons. The van der Waals surface area contributed by atoms with Crippen molar-refractivity contribution < 1.29 is 49.5 Å². The number of nitrogens with one attached hydrogen (secondary N) is 4. The van der Waals surface area contributed by atoms with Crippen molar-refractivity contribution in [2.75, 3.05) is 0 Å². The minimum absolute atomic E-state index is 0.00982. The molecule has 4 aromatic heterocycles. The summed E-state index contributed by atoms with van der Waals surface area (Å²) in [6.07, 6.45) is 0. The molecule has 9 N–H and O–H groups in total. The van der Waals surface area contributed by atoms with Gasteiger partial charge in [0.05, 0.1) is 27.8 Å². The van der Waals surface area contributed by atoms with Gasteiger partial charge in [0, 0.05) is 43.1 Å². The normalized spacial score (nSPS) is 12.2. The molecule has 5 heterocycles. The topological polar surface area (TPSA) is 299 Å². The van der Waals surface area contributed by atoms with Crippen molar-refractivity contribution in [1.82, 2.24) is 19.9 Å². The van der Waals surface area contributed by atoms with Crippen LogP contribution in [0.5, 0.6) is 0 Å². The zero-order valence-electron chi connectivity index (χ0n) is 27.4. The van der Waals surface area contributed by atoms with Gasteiger partial charge >= 0.3 is 29.8 Å². The quantitative estimate of drug-likeness (QED) is 0.121. The third-order valence-electron chi connectivity index (χ3n) is 9.33. The Bertz CT molecular complexity index is 3390. The molecular formula is C37H20N8O10. The standard InChI is InChI=1S/C37H20N8O10/c46-33(47)17-11-5-10-16-18(17)30-43-29(16)41-27-13-7-2-1-6-12(13)25(39-27)38-26-14-8-3-4-9-15(14)28(40-26)42-31-19-20(32(44-30)45-31)22(35(50)51)24(37(54)55)23(36(52)53)21(19)34(48)49/h1-11H,(H,46,47)(H,48,49)(H,50,51)(H,52,53)(H,54,55)(H4,38,39,40,41,42,43,44,45). The fourth-order valence-corrected chi connectivity index (χ4v) is 7.17. The van der Waals surface area contributed by atoms with Crippen molar-refractivity contribution in [3.63, 3.8) is 0 Å². The number of aromatic amines is 4. The Morgan fingerprint density at radius 3 is 1.22 bits per heavy atom. The molecule has 0 amide bonds. The third kappa shape index (κ3) is 4.71. The average molecular weight is 737 g/mol. The summed E-state index contributed by atoms with van der Waals surface area (Å²) in [7, 11) is 0. The summed E-state index contributed by atoms with van der Waals surface area (Å²) >= 11 is 0. The molecule has 8 bridgehead atoms. The van der Waals surface area contributed by atoms with E-state index in [0.717, 1.165) is 0 Å². The number of rotatable bonds is 5. The van der Waals surface area contributed by atoms with Gasteiger partial charge in [-0.1, -0.05) is 60.7 Å². The fraction of sp³-hybridized carbons (Fsp3) is 0. The van der Waals surface area contributed by atoms with Gasteiger partial charge in [-0.2, -0.15) is 0 Å². The van der Waals surface area contributed by atoms with E-state index in [-0.39, 0.29) is 33.8 Å². The van der Waals surface area contributed by atoms with Crippen LogP contribution in [-0.2, 0) is 0 Å². The maximum absolute atomic E-state index is 13.0. The highest BCUT2D eigenvalue weighted by molar-refractivity contribution is 6.23. The van der Waals surface area contributed by atoms with E-state index in [4.69, 9.17) is 9.98 Å². The molecule has 55 heavy (non-hydrogen) atoms. The zero-order chi connectivity index (χ0) is 38.4. The average Bonchev–Trinajstić information content (AvgIpc) is 3.89. The lowest BCUT2D eigenvalue weighted by Gasteiger charge is -2.11. The molecule has 4 aromatic carbocycles. The van der Waals surface area contributed by atoms with Crippen molar-refractivity contribution in [3.8, 4) is 0 Å². The van der Waals surface area contributed by atoms with Crippen LogP contribution in [0.15, 0.2) is 86.7 Å². The van der Waals surface area contributed by atoms with Gasteiger partial charge in [-0.3, -0.25) is 0 Å². The second-order valence-corrected chi connectivity index (χ2v) is 12.3. The molecular weight excluding hydrogens is 716 g/mol. The Morgan fingerprint density at radius 1 is 0.364 bits per heavy atom. The molecule has 1 aliphatic heterocycles.